The minimum atomic E-state index is -3.89. The number of aromatic nitrogens is 9. The lowest BCUT2D eigenvalue weighted by molar-refractivity contribution is -0.141. The minimum Gasteiger partial charge on any atom is -0.481 e. The number of carboxylic acids is 1. The summed E-state index contributed by atoms with van der Waals surface area (Å²) in [7, 11) is -8.77. The van der Waals surface area contributed by atoms with Crippen LogP contribution in [0.3, 0.4) is 0 Å². The lowest BCUT2D eigenvalue weighted by atomic mass is 9.86. The summed E-state index contributed by atoms with van der Waals surface area (Å²) in [6.45, 7) is 6.80. The maximum atomic E-state index is 14.7. The zero-order valence-corrected chi connectivity index (χ0v) is 85.1. The number of thiazole rings is 3. The summed E-state index contributed by atoms with van der Waals surface area (Å²) in [6, 6.07) is 3.20. The first-order valence-electron chi connectivity index (χ1n) is 44.4. The van der Waals surface area contributed by atoms with Crippen LogP contribution in [0, 0.1) is 52.7 Å². The number of aliphatic imine (C=N–C) groups is 3. The summed E-state index contributed by atoms with van der Waals surface area (Å²) < 4.78 is 198. The molecule has 3 unspecified atom stereocenters. The highest BCUT2D eigenvalue weighted by molar-refractivity contribution is 9.09. The number of esters is 5. The molecular formula is C89H98BrCl3F6N18O18S6. The molecular weight excluding hydrogens is 2100 g/mol. The van der Waals surface area contributed by atoms with Gasteiger partial charge in [0.15, 0.2) is 67.4 Å². The van der Waals surface area contributed by atoms with E-state index in [1.165, 1.54) is 126 Å². The van der Waals surface area contributed by atoms with E-state index in [1.54, 1.807) is 55.5 Å². The third kappa shape index (κ3) is 26.7. The molecule has 0 aliphatic carbocycles. The zero-order valence-electron chi connectivity index (χ0n) is 76.3. The molecule has 3 fully saturated rings. The van der Waals surface area contributed by atoms with Gasteiger partial charge in [-0.15, -0.1) is 34.0 Å². The number of nitrogens with zero attached hydrogens (tertiary/aromatic N) is 14. The van der Waals surface area contributed by atoms with Gasteiger partial charge < -0.3 is 44.7 Å². The second-order valence-corrected chi connectivity index (χ2v) is 42.3. The summed E-state index contributed by atoms with van der Waals surface area (Å²) in [5, 5.41) is 39.2. The van der Waals surface area contributed by atoms with Crippen LogP contribution >= 0.6 is 84.7 Å². The minimum absolute atomic E-state index is 0.0241. The quantitative estimate of drug-likeness (QED) is 0.00615. The molecule has 3 saturated heterocycles. The number of carbonyl (C=O) groups excluding carboxylic acids is 5. The molecule has 0 amide bonds. The van der Waals surface area contributed by atoms with Crippen molar-refractivity contribution < 1.29 is 109 Å². The normalized spacial score (nSPS) is 17.6. The topological polar surface area (TPSA) is 457 Å². The number of aliphatic carboxylic acids is 1. The van der Waals surface area contributed by atoms with Gasteiger partial charge in [0.1, 0.15) is 32.8 Å². The van der Waals surface area contributed by atoms with Gasteiger partial charge in [0.25, 0.3) is 0 Å². The lowest BCUT2D eigenvalue weighted by Gasteiger charge is -2.36. The average molecular weight is 2200 g/mol. The maximum Gasteiger partial charge on any atom is 0.338 e. The Morgan fingerprint density at radius 1 is 0.461 bits per heavy atom. The number of piperidine rings is 3. The van der Waals surface area contributed by atoms with E-state index in [9.17, 15) is 80.4 Å². The summed E-state index contributed by atoms with van der Waals surface area (Å²) >= 11 is 25.9. The monoisotopic (exact) mass is 2200 g/mol. The SMILES string of the molecule is CCOC(=O)C1=C(C2CCN(S(=O)(=O)c3cn[nH]c3)CC2)NC(c2nccs2)=NC1c1ccc(F)c(F)c1Cl.CCOC(=O)C1=C(C2CCN(S(=O)(=O)c3cnn(CCCCC(=O)O)c3)CC2)NC(c2nccs2)=NC1c1ccc(F)c(F)c1Cl.CCOC(=O)C1=C(C2CCN(S(=O)(=O)c3cnn(CCCCC(=O)OC)c3)CC2)NC(c2nccs2)=NC1c1ccc(F)c(F)c1Cl.COC(=O)CCCCBr. The van der Waals surface area contributed by atoms with Crippen molar-refractivity contribution >= 4 is 168 Å². The van der Waals surface area contributed by atoms with Gasteiger partial charge in [-0.3, -0.25) is 43.8 Å². The third-order valence-corrected chi connectivity index (χ3v) is 32.8. The number of alkyl halides is 1. The summed E-state index contributed by atoms with van der Waals surface area (Å²) in [6.07, 6.45) is 19.8. The number of benzene rings is 3. The van der Waals surface area contributed by atoms with Crippen LogP contribution in [0.1, 0.15) is 167 Å². The van der Waals surface area contributed by atoms with Gasteiger partial charge in [0.2, 0.25) is 30.1 Å². The van der Waals surface area contributed by atoms with Crippen molar-refractivity contribution in [3.8, 4) is 0 Å². The van der Waals surface area contributed by atoms with Crippen molar-refractivity contribution in [3.05, 3.63) is 224 Å². The summed E-state index contributed by atoms with van der Waals surface area (Å²) in [5.41, 5.74) is 1.80. The molecule has 0 saturated carbocycles. The van der Waals surface area contributed by atoms with E-state index in [2.05, 4.69) is 91.7 Å². The number of nitrogens with one attached hydrogen (secondary N) is 4. The van der Waals surface area contributed by atoms with E-state index in [0.717, 1.165) is 36.4 Å². The predicted octanol–water partition coefficient (Wildman–Crippen LogP) is 14.7. The van der Waals surface area contributed by atoms with E-state index < -0.39 is 122 Å². The molecule has 52 heteroatoms. The number of hydrogen-bond acceptors (Lipinski definition) is 32. The van der Waals surface area contributed by atoms with Gasteiger partial charge in [-0.05, 0) is 116 Å². The third-order valence-electron chi connectivity index (χ3n) is 23.2. The van der Waals surface area contributed by atoms with Crippen LogP contribution in [-0.4, -0.2) is 220 Å². The summed E-state index contributed by atoms with van der Waals surface area (Å²) in [5.74, 6) is -10.7. The maximum absolute atomic E-state index is 14.7. The first kappa shape index (κ1) is 109. The first-order valence-corrected chi connectivity index (χ1v) is 53.6. The number of ether oxygens (including phenoxy) is 5. The lowest BCUT2D eigenvalue weighted by Crippen LogP contribution is -2.43. The number of carboxylic acid groups (broad SMARTS) is 1. The Morgan fingerprint density at radius 2 is 0.780 bits per heavy atom. The molecule has 0 bridgehead atoms. The average Bonchev–Trinajstić information content (AvgIpc) is 1.24. The number of carbonyl (C=O) groups is 6. The number of methoxy groups -OCH3 is 2. The largest absolute Gasteiger partial charge is 0.481 e. The van der Waals surface area contributed by atoms with Crippen LogP contribution in [0.25, 0.3) is 0 Å². The van der Waals surface area contributed by atoms with Gasteiger partial charge in [0.05, 0.1) is 84.4 Å². The smallest absolute Gasteiger partial charge is 0.338 e. The molecule has 3 atom stereocenters. The molecule has 6 aliphatic heterocycles. The number of sulfonamides is 3. The predicted molar refractivity (Wildman–Crippen MR) is 513 cm³/mol. The highest BCUT2D eigenvalue weighted by Crippen LogP contribution is 2.46. The number of amidine groups is 3. The molecule has 758 valence electrons. The molecule has 6 aliphatic rings. The molecule has 3 aromatic carbocycles. The van der Waals surface area contributed by atoms with Crippen LogP contribution in [-0.2, 0) is 95.6 Å². The van der Waals surface area contributed by atoms with Crippen LogP contribution < -0.4 is 16.0 Å². The molecule has 15 rings (SSSR count). The number of H-pyrrole nitrogens is 1. The highest BCUT2D eigenvalue weighted by atomic mass is 79.9. The van der Waals surface area contributed by atoms with E-state index >= 15 is 0 Å². The Hall–Kier alpha value is -10.7. The van der Waals surface area contributed by atoms with E-state index in [-0.39, 0.29) is 150 Å². The fourth-order valence-corrected chi connectivity index (χ4v) is 23.2. The number of allylic oxidation sites excluding steroid dienone is 3. The van der Waals surface area contributed by atoms with Crippen molar-refractivity contribution in [2.45, 2.75) is 163 Å². The Labute approximate surface area is 842 Å². The van der Waals surface area contributed by atoms with Crippen LogP contribution in [0.4, 0.5) is 26.3 Å². The second kappa shape index (κ2) is 50.5. The van der Waals surface area contributed by atoms with Crippen LogP contribution in [0.5, 0.6) is 0 Å². The van der Waals surface area contributed by atoms with Crippen LogP contribution in [0.2, 0.25) is 15.1 Å². The van der Waals surface area contributed by atoms with Gasteiger partial charge in [0, 0.05) is 182 Å². The van der Waals surface area contributed by atoms with Gasteiger partial charge >= 0.3 is 35.8 Å². The molecule has 9 aromatic rings. The fraction of sp³-hybridized carbons (Fsp3) is 0.427. The Morgan fingerprint density at radius 3 is 1.06 bits per heavy atom. The van der Waals surface area contributed by atoms with E-state index in [4.69, 9.17) is 54.1 Å². The first-order chi connectivity index (χ1) is 67.6. The van der Waals surface area contributed by atoms with Crippen molar-refractivity contribution in [2.24, 2.45) is 32.7 Å². The molecule has 5 N–H and O–H groups in total. The standard InChI is InChI=1S/C30H33ClF2N6O6S2.C29H31ClF2N6O6S2.C24H23ClF2N6O4S2.C6H11BrO2/c1-3-45-30(41)23-26(36-28(29-34-11-15-46-29)37-27(23)20-7-8-21(32)25(33)24(20)31)18-9-13-39(14-10-18)47(42,43)19-16-35-38(17-19)12-5-4-6-22(40)44-2;1-2-44-29(41)22-25(35-27(28-33-10-14-45-28)36-26(22)19-6-7-20(31)24(32)23(19)30)17-8-12-38(13-9-17)46(42,43)18-15-34-37(16-18)11-4-3-5-21(39)40;1-2-37-24(34)17-20(13-5-8-33(9-6-13)39(35,36)14-11-29-30-12-14)31-22(23-28-7-10-38-23)32-21(17)15-3-4-16(26)19(27)18(15)25;1-9-6(8)4-2-3-5-7/h7-8,11,15-18,27H,3-6,9-10,12-14H2,1-2H3,(H,36,37);6-7,10,14-17,26H,2-5,8-9,11-13H2,1H3,(H,35,36)(H,39,40);3-4,7,10-13,21H,2,5-6,8-9H2,1H3,(H,29,30)(H,31,32);2-5H2,1H3. The Balaban J connectivity index is 0.000000181. The number of hydrogen-bond donors (Lipinski definition) is 5. The second-order valence-electron chi connectivity index (χ2n) is 31.9. The number of aromatic amines is 1. The van der Waals surface area contributed by atoms with E-state index in [1.807, 2.05) is 0 Å². The fourth-order valence-electron chi connectivity index (χ4n) is 16.1. The Bertz CT molecular complexity index is 6520. The highest BCUT2D eigenvalue weighted by Gasteiger charge is 2.45. The van der Waals surface area contributed by atoms with Crippen molar-refractivity contribution in [1.29, 1.82) is 0 Å². The van der Waals surface area contributed by atoms with Gasteiger partial charge in [-0.25, -0.2) is 80.9 Å². The molecule has 0 spiro atoms. The van der Waals surface area contributed by atoms with E-state index in [0.29, 0.717) is 133 Å². The molecule has 12 heterocycles. The Kier molecular flexibility index (Phi) is 39.1. The van der Waals surface area contributed by atoms with Crippen molar-refractivity contribution in [2.75, 3.05) is 78.6 Å². The number of unbranched alkanes of at least 4 members (excludes halogenated alkanes) is 3. The number of rotatable bonds is 35. The molecule has 141 heavy (non-hydrogen) atoms. The number of aryl methyl sites for hydroxylation is 2. The molecule has 36 nitrogen and oxygen atoms in total. The molecule has 0 radical (unpaired) electrons. The van der Waals surface area contributed by atoms with Crippen molar-refractivity contribution in [1.82, 2.24) is 73.6 Å². The van der Waals surface area contributed by atoms with Crippen LogP contribution in [0.15, 0.2) is 172 Å². The zero-order chi connectivity index (χ0) is 102. The van der Waals surface area contributed by atoms with Crippen molar-refractivity contribution in [3.63, 3.8) is 0 Å². The van der Waals surface area contributed by atoms with Gasteiger partial charge in [-0.1, -0.05) is 68.9 Å². The molecule has 6 aromatic heterocycles. The number of halogens is 10. The summed E-state index contributed by atoms with van der Waals surface area (Å²) in [4.78, 5) is 99.9. The van der Waals surface area contributed by atoms with Gasteiger partial charge in [-0.2, -0.15) is 28.2 Å².